The van der Waals surface area contributed by atoms with Gasteiger partial charge in [-0.05, 0) is 143 Å². The van der Waals surface area contributed by atoms with Gasteiger partial charge < -0.3 is 0 Å². The van der Waals surface area contributed by atoms with Crippen molar-refractivity contribution in [2.45, 2.75) is 70.6 Å². The van der Waals surface area contributed by atoms with E-state index in [-0.39, 0.29) is 0 Å². The molecule has 0 heteroatoms. The van der Waals surface area contributed by atoms with Crippen molar-refractivity contribution in [1.82, 2.24) is 0 Å². The van der Waals surface area contributed by atoms with Crippen LogP contribution in [0.5, 0.6) is 0 Å². The van der Waals surface area contributed by atoms with Gasteiger partial charge in [-0.1, -0.05) is 0 Å². The molecule has 8 rings (SSSR count). The Morgan fingerprint density at radius 1 is 0.565 bits per heavy atom. The zero-order valence-electron chi connectivity index (χ0n) is 14.8. The van der Waals surface area contributed by atoms with Crippen LogP contribution in [0.2, 0.25) is 0 Å². The van der Waals surface area contributed by atoms with Crippen molar-refractivity contribution < 1.29 is 0 Å². The maximum Gasteiger partial charge on any atom is -0.0328 e. The third-order valence-electron chi connectivity index (χ3n) is 9.84. The fraction of sp³-hybridized carbons (Fsp3) is 0.957. The van der Waals surface area contributed by atoms with Gasteiger partial charge in [0.2, 0.25) is 0 Å². The van der Waals surface area contributed by atoms with E-state index >= 15 is 0 Å². The maximum atomic E-state index is 4.84. The lowest BCUT2D eigenvalue weighted by molar-refractivity contribution is -0.0788. The van der Waals surface area contributed by atoms with Crippen molar-refractivity contribution >= 4 is 0 Å². The van der Waals surface area contributed by atoms with Gasteiger partial charge in [-0.15, -0.1) is 0 Å². The molecule has 8 aliphatic carbocycles. The summed E-state index contributed by atoms with van der Waals surface area (Å²) in [4.78, 5) is 0. The van der Waals surface area contributed by atoms with Crippen LogP contribution in [0, 0.1) is 72.0 Å². The lowest BCUT2D eigenvalue weighted by Crippen LogP contribution is -2.49. The summed E-state index contributed by atoms with van der Waals surface area (Å²) in [6.07, 6.45) is 17.5. The first-order chi connectivity index (χ1) is 11.2. The van der Waals surface area contributed by atoms with E-state index in [0.29, 0.717) is 0 Å². The van der Waals surface area contributed by atoms with Crippen LogP contribution in [0.3, 0.4) is 0 Å². The summed E-state index contributed by atoms with van der Waals surface area (Å²) >= 11 is 0. The fourth-order valence-electron chi connectivity index (χ4n) is 9.67. The van der Waals surface area contributed by atoms with Crippen molar-refractivity contribution in [2.24, 2.45) is 65.1 Å². The van der Waals surface area contributed by atoms with E-state index in [1.807, 2.05) is 0 Å². The van der Waals surface area contributed by atoms with Crippen LogP contribution in [-0.4, -0.2) is 0 Å². The Morgan fingerprint density at radius 2 is 0.957 bits per heavy atom. The van der Waals surface area contributed by atoms with Crippen molar-refractivity contribution in [3.8, 4) is 0 Å². The third kappa shape index (κ3) is 2.15. The molecule has 8 aliphatic rings. The minimum Gasteiger partial charge on any atom is -0.0499 e. The van der Waals surface area contributed by atoms with Crippen molar-refractivity contribution in [3.63, 3.8) is 0 Å². The Kier molecular flexibility index (Phi) is 3.09. The monoisotopic (exact) mass is 311 g/mol. The Bertz CT molecular complexity index is 420. The number of rotatable bonds is 3. The van der Waals surface area contributed by atoms with Crippen LogP contribution in [0.4, 0.5) is 0 Å². The van der Waals surface area contributed by atoms with E-state index in [0.717, 1.165) is 65.1 Å². The standard InChI is InChI=1S/C23H35/c1-13(23-20-9-16-4-17(11-20)12-21(23)10-16)2-22-18-5-14-3-15(7-18)8-19(22)6-14/h13-23H,1-12H2. The molecule has 0 amide bonds. The maximum absolute atomic E-state index is 4.84. The van der Waals surface area contributed by atoms with Gasteiger partial charge in [0.1, 0.15) is 0 Å². The van der Waals surface area contributed by atoms with E-state index in [9.17, 15) is 0 Å². The molecular weight excluding hydrogens is 276 g/mol. The van der Waals surface area contributed by atoms with Crippen LogP contribution < -0.4 is 0 Å². The molecule has 23 heavy (non-hydrogen) atoms. The molecule has 0 aliphatic heterocycles. The molecule has 0 aromatic rings. The Balaban J connectivity index is 1.18. The molecule has 0 aromatic heterocycles. The van der Waals surface area contributed by atoms with Gasteiger partial charge in [0.15, 0.2) is 0 Å². The minimum absolute atomic E-state index is 0.799. The topological polar surface area (TPSA) is 0 Å². The zero-order chi connectivity index (χ0) is 15.1. The van der Waals surface area contributed by atoms with Crippen LogP contribution in [0.25, 0.3) is 0 Å². The minimum atomic E-state index is 0.799. The molecule has 1 unspecified atom stereocenters. The Labute approximate surface area is 143 Å². The van der Waals surface area contributed by atoms with Gasteiger partial charge in [0, 0.05) is 0 Å². The van der Waals surface area contributed by atoms with Gasteiger partial charge in [0.25, 0.3) is 0 Å². The summed E-state index contributed by atoms with van der Waals surface area (Å²) < 4.78 is 0. The highest BCUT2D eigenvalue weighted by Gasteiger charge is 2.52. The zero-order valence-corrected chi connectivity index (χ0v) is 14.8. The molecule has 1 radical (unpaired) electrons. The lowest BCUT2D eigenvalue weighted by Gasteiger charge is -2.58. The lowest BCUT2D eigenvalue weighted by atomic mass is 9.47. The summed E-state index contributed by atoms with van der Waals surface area (Å²) in [5, 5.41) is 0. The Morgan fingerprint density at radius 3 is 1.39 bits per heavy atom. The van der Waals surface area contributed by atoms with E-state index < -0.39 is 0 Å². The highest BCUT2D eigenvalue weighted by molar-refractivity contribution is 5.03. The normalized spacial score (nSPS) is 60.4. The van der Waals surface area contributed by atoms with E-state index in [4.69, 9.17) is 6.92 Å². The summed E-state index contributed by atoms with van der Waals surface area (Å²) in [7, 11) is 0. The van der Waals surface area contributed by atoms with Crippen LogP contribution in [-0.2, 0) is 0 Å². The predicted octanol–water partition coefficient (Wildman–Crippen LogP) is 5.97. The Hall–Kier alpha value is 0. The molecule has 0 aromatic carbocycles. The quantitative estimate of drug-likeness (QED) is 0.602. The second kappa shape index (κ2) is 5.01. The van der Waals surface area contributed by atoms with Gasteiger partial charge in [0.05, 0.1) is 0 Å². The molecule has 0 spiro atoms. The highest BCUT2D eigenvalue weighted by Crippen LogP contribution is 2.61. The van der Waals surface area contributed by atoms with Gasteiger partial charge in [-0.3, -0.25) is 0 Å². The molecule has 8 bridgehead atoms. The van der Waals surface area contributed by atoms with Gasteiger partial charge >= 0.3 is 0 Å². The first kappa shape index (κ1) is 14.2. The van der Waals surface area contributed by atoms with Gasteiger partial charge in [-0.25, -0.2) is 0 Å². The van der Waals surface area contributed by atoms with E-state index in [1.165, 1.54) is 6.42 Å². The second-order valence-electron chi connectivity index (χ2n) is 11.1. The first-order valence-corrected chi connectivity index (χ1v) is 11.1. The van der Waals surface area contributed by atoms with Crippen molar-refractivity contribution in [1.29, 1.82) is 0 Å². The van der Waals surface area contributed by atoms with Crippen molar-refractivity contribution in [3.05, 3.63) is 6.92 Å². The summed E-state index contributed by atoms with van der Waals surface area (Å²) in [5.74, 6) is 11.9. The van der Waals surface area contributed by atoms with Crippen LogP contribution >= 0.6 is 0 Å². The number of hydrogen-bond acceptors (Lipinski definition) is 0. The average Bonchev–Trinajstić information content (AvgIpc) is 2.49. The highest BCUT2D eigenvalue weighted by atomic mass is 14.6. The fourth-order valence-corrected chi connectivity index (χ4v) is 9.67. The molecule has 0 heterocycles. The van der Waals surface area contributed by atoms with Crippen LogP contribution in [0.1, 0.15) is 70.6 Å². The summed E-state index contributed by atoms with van der Waals surface area (Å²) in [6, 6.07) is 0. The number of hydrogen-bond donors (Lipinski definition) is 0. The molecular formula is C23H35. The molecule has 8 saturated carbocycles. The van der Waals surface area contributed by atoms with Crippen molar-refractivity contribution in [2.75, 3.05) is 0 Å². The molecule has 1 atom stereocenters. The largest absolute Gasteiger partial charge is 0.0499 e. The van der Waals surface area contributed by atoms with Gasteiger partial charge in [-0.2, -0.15) is 0 Å². The first-order valence-electron chi connectivity index (χ1n) is 11.1. The molecule has 0 saturated heterocycles. The molecule has 8 fully saturated rings. The molecule has 0 nitrogen and oxygen atoms in total. The van der Waals surface area contributed by atoms with Crippen LogP contribution in [0.15, 0.2) is 0 Å². The molecule has 0 N–H and O–H groups in total. The SMILES string of the molecule is [CH2]C(CC1C2CC3CC(C2)CC1C3)C1C2CC3CC(C2)CC1C3. The predicted molar refractivity (Wildman–Crippen MR) is 94.5 cm³/mol. The average molecular weight is 312 g/mol. The second-order valence-corrected chi connectivity index (χ2v) is 11.1. The smallest absolute Gasteiger partial charge is 0.0328 e. The summed E-state index contributed by atoms with van der Waals surface area (Å²) in [5.41, 5.74) is 0. The summed E-state index contributed by atoms with van der Waals surface area (Å²) in [6.45, 7) is 4.84. The van der Waals surface area contributed by atoms with E-state index in [2.05, 4.69) is 0 Å². The molecule has 127 valence electrons. The third-order valence-corrected chi connectivity index (χ3v) is 9.84. The van der Waals surface area contributed by atoms with E-state index in [1.54, 1.807) is 64.2 Å².